The van der Waals surface area contributed by atoms with E-state index in [0.717, 1.165) is 57.8 Å². The van der Waals surface area contributed by atoms with Crippen LogP contribution >= 0.6 is 11.6 Å². The van der Waals surface area contributed by atoms with Crippen molar-refractivity contribution in [2.45, 2.75) is 71.1 Å². The van der Waals surface area contributed by atoms with Crippen LogP contribution < -0.4 is 0 Å². The summed E-state index contributed by atoms with van der Waals surface area (Å²) in [6.45, 7) is 2.15. The Morgan fingerprint density at radius 3 is 1.58 bits per heavy atom. The second-order valence-electron chi connectivity index (χ2n) is 5.66. The third-order valence-corrected chi connectivity index (χ3v) is 3.59. The minimum absolute atomic E-state index is 0.218. The van der Waals surface area contributed by atoms with E-state index in [0.29, 0.717) is 6.42 Å². The van der Waals surface area contributed by atoms with Gasteiger partial charge < -0.3 is 0 Å². The number of hydrogen-bond donors (Lipinski definition) is 0. The maximum atomic E-state index is 10.6. The molecule has 0 rings (SSSR count). The predicted octanol–water partition coefficient (Wildman–Crippen LogP) is 7.45. The summed E-state index contributed by atoms with van der Waals surface area (Å²) in [6.07, 6.45) is 32.0. The van der Waals surface area contributed by atoms with E-state index in [1.165, 1.54) is 0 Å². The van der Waals surface area contributed by atoms with Crippen molar-refractivity contribution < 1.29 is 4.79 Å². The monoisotopic (exact) mass is 348 g/mol. The van der Waals surface area contributed by atoms with E-state index in [2.05, 4.69) is 67.7 Å². The summed E-state index contributed by atoms with van der Waals surface area (Å²) in [4.78, 5) is 10.6. The Kier molecular flexibility index (Phi) is 18.6. The molecular weight excluding hydrogens is 316 g/mol. The summed E-state index contributed by atoms with van der Waals surface area (Å²) in [5, 5.41) is -0.218. The molecule has 0 unspecified atom stereocenters. The van der Waals surface area contributed by atoms with Crippen molar-refractivity contribution in [2.75, 3.05) is 0 Å². The van der Waals surface area contributed by atoms with Gasteiger partial charge in [-0.1, -0.05) is 74.1 Å². The van der Waals surface area contributed by atoms with Gasteiger partial charge >= 0.3 is 0 Å². The van der Waals surface area contributed by atoms with Crippen LogP contribution in [0.4, 0.5) is 0 Å². The van der Waals surface area contributed by atoms with Crippen LogP contribution in [-0.4, -0.2) is 5.24 Å². The molecule has 0 radical (unpaired) electrons. The molecule has 0 saturated heterocycles. The van der Waals surface area contributed by atoms with Crippen molar-refractivity contribution in [3.63, 3.8) is 0 Å². The highest BCUT2D eigenvalue weighted by atomic mass is 35.5. The van der Waals surface area contributed by atoms with E-state index in [1.54, 1.807) is 0 Å². The topological polar surface area (TPSA) is 17.1 Å². The Morgan fingerprint density at radius 2 is 1.12 bits per heavy atom. The summed E-state index contributed by atoms with van der Waals surface area (Å²) >= 11 is 5.29. The predicted molar refractivity (Wildman–Crippen MR) is 108 cm³/mol. The van der Waals surface area contributed by atoms with Crippen LogP contribution in [-0.2, 0) is 4.79 Å². The van der Waals surface area contributed by atoms with E-state index in [1.807, 2.05) is 0 Å². The molecule has 0 amide bonds. The van der Waals surface area contributed by atoms with Crippen molar-refractivity contribution in [2.24, 2.45) is 0 Å². The average molecular weight is 349 g/mol. The molecule has 24 heavy (non-hydrogen) atoms. The van der Waals surface area contributed by atoms with Crippen molar-refractivity contribution >= 4 is 16.8 Å². The fourth-order valence-corrected chi connectivity index (χ4v) is 2.21. The van der Waals surface area contributed by atoms with Crippen LogP contribution in [0.1, 0.15) is 71.1 Å². The lowest BCUT2D eigenvalue weighted by molar-refractivity contribution is -0.111. The largest absolute Gasteiger partial charge is 0.281 e. The van der Waals surface area contributed by atoms with Crippen LogP contribution in [0.15, 0.2) is 60.8 Å². The molecule has 0 spiro atoms. The lowest BCUT2D eigenvalue weighted by Gasteiger charge is -1.94. The summed E-state index contributed by atoms with van der Waals surface area (Å²) in [5.74, 6) is 0. The lowest BCUT2D eigenvalue weighted by Crippen LogP contribution is -1.85. The summed E-state index contributed by atoms with van der Waals surface area (Å²) in [5.41, 5.74) is 0. The fourth-order valence-electron chi connectivity index (χ4n) is 2.07. The highest BCUT2D eigenvalue weighted by Crippen LogP contribution is 2.05. The molecule has 134 valence electrons. The molecule has 0 fully saturated rings. The first-order valence-corrected chi connectivity index (χ1v) is 9.58. The van der Waals surface area contributed by atoms with Gasteiger partial charge in [0, 0.05) is 6.42 Å². The standard InChI is InChI=1S/C22H33ClO/c1-2-3-4-5-6-7-8-9-10-11-12-13-14-15-16-17-18-19-20-21-22(23)24/h3-4,6-7,9-10,12-13,15-16H,2,5,8,11,14,17-21H2,1H3. The summed E-state index contributed by atoms with van der Waals surface area (Å²) in [6, 6.07) is 0. The maximum Gasteiger partial charge on any atom is 0.221 e. The smallest absolute Gasteiger partial charge is 0.221 e. The fraction of sp³-hybridized carbons (Fsp3) is 0.500. The van der Waals surface area contributed by atoms with E-state index in [-0.39, 0.29) is 5.24 Å². The van der Waals surface area contributed by atoms with Gasteiger partial charge in [0.2, 0.25) is 5.24 Å². The zero-order valence-electron chi connectivity index (χ0n) is 15.1. The molecule has 0 aromatic rings. The minimum atomic E-state index is -0.218. The number of halogens is 1. The highest BCUT2D eigenvalue weighted by Gasteiger charge is 1.94. The third-order valence-electron chi connectivity index (χ3n) is 3.40. The van der Waals surface area contributed by atoms with Gasteiger partial charge in [0.1, 0.15) is 0 Å². The molecule has 0 aromatic carbocycles. The maximum absolute atomic E-state index is 10.6. The number of rotatable bonds is 15. The van der Waals surface area contributed by atoms with Gasteiger partial charge in [-0.25, -0.2) is 0 Å². The molecule has 0 bridgehead atoms. The van der Waals surface area contributed by atoms with Crippen molar-refractivity contribution in [3.05, 3.63) is 60.8 Å². The van der Waals surface area contributed by atoms with E-state index in [9.17, 15) is 4.79 Å². The number of unbranched alkanes of at least 4 members (excludes halogenated alkanes) is 3. The van der Waals surface area contributed by atoms with Crippen molar-refractivity contribution in [3.8, 4) is 0 Å². The van der Waals surface area contributed by atoms with Crippen LogP contribution in [0, 0.1) is 0 Å². The number of hydrogen-bond acceptors (Lipinski definition) is 1. The van der Waals surface area contributed by atoms with Gasteiger partial charge in [0.25, 0.3) is 0 Å². The zero-order chi connectivity index (χ0) is 17.7. The van der Waals surface area contributed by atoms with Gasteiger partial charge in [-0.2, -0.15) is 0 Å². The van der Waals surface area contributed by atoms with Crippen LogP contribution in [0.2, 0.25) is 0 Å². The molecule has 1 nitrogen and oxygen atoms in total. The van der Waals surface area contributed by atoms with Crippen molar-refractivity contribution in [1.82, 2.24) is 0 Å². The first-order valence-electron chi connectivity index (χ1n) is 9.20. The highest BCUT2D eigenvalue weighted by molar-refractivity contribution is 6.63. The molecule has 0 heterocycles. The molecule has 0 aliphatic carbocycles. The van der Waals surface area contributed by atoms with Crippen LogP contribution in [0.25, 0.3) is 0 Å². The van der Waals surface area contributed by atoms with Gasteiger partial charge in [0.05, 0.1) is 0 Å². The van der Waals surface area contributed by atoms with Crippen LogP contribution in [0.5, 0.6) is 0 Å². The number of carbonyl (C=O) groups excluding carboxylic acids is 1. The number of allylic oxidation sites excluding steroid dienone is 10. The molecule has 0 aromatic heterocycles. The average Bonchev–Trinajstić information content (AvgIpc) is 2.56. The van der Waals surface area contributed by atoms with Gasteiger partial charge in [-0.3, -0.25) is 4.79 Å². The SMILES string of the molecule is CCC=CCC=CCC=CCC=CCC=CCCCCCC(=O)Cl. The number of carbonyl (C=O) groups is 1. The van der Waals surface area contributed by atoms with E-state index < -0.39 is 0 Å². The second-order valence-corrected chi connectivity index (χ2v) is 6.08. The Morgan fingerprint density at radius 1 is 0.667 bits per heavy atom. The van der Waals surface area contributed by atoms with Crippen LogP contribution in [0.3, 0.4) is 0 Å². The molecule has 0 aliphatic heterocycles. The first-order chi connectivity index (χ1) is 11.8. The Bertz CT molecular complexity index is 427. The Hall–Kier alpha value is -1.34. The molecule has 0 N–H and O–H groups in total. The van der Waals surface area contributed by atoms with Gasteiger partial charge in [0.15, 0.2) is 0 Å². The molecule has 0 atom stereocenters. The minimum Gasteiger partial charge on any atom is -0.281 e. The first kappa shape index (κ1) is 22.7. The normalized spacial score (nSPS) is 12.8. The van der Waals surface area contributed by atoms with Gasteiger partial charge in [-0.15, -0.1) is 0 Å². The third kappa shape index (κ3) is 20.7. The summed E-state index contributed by atoms with van der Waals surface area (Å²) in [7, 11) is 0. The molecule has 0 saturated carbocycles. The van der Waals surface area contributed by atoms with Crippen molar-refractivity contribution in [1.29, 1.82) is 0 Å². The molecular formula is C22H33ClO. The zero-order valence-corrected chi connectivity index (χ0v) is 15.9. The Labute approximate surface area is 153 Å². The van der Waals surface area contributed by atoms with E-state index >= 15 is 0 Å². The quantitative estimate of drug-likeness (QED) is 0.170. The van der Waals surface area contributed by atoms with Gasteiger partial charge in [-0.05, 0) is 63.0 Å². The Balaban J connectivity index is 3.42. The second kappa shape index (κ2) is 19.7. The summed E-state index contributed by atoms with van der Waals surface area (Å²) < 4.78 is 0. The van der Waals surface area contributed by atoms with E-state index in [4.69, 9.17) is 11.6 Å². The molecule has 2 heteroatoms. The lowest BCUT2D eigenvalue weighted by atomic mass is 10.1. The molecule has 0 aliphatic rings.